The number of fused-ring (bicyclic) bond motifs is 1. The zero-order valence-electron chi connectivity index (χ0n) is 19.3. The second-order valence-electron chi connectivity index (χ2n) is 10.7. The van der Waals surface area contributed by atoms with Gasteiger partial charge in [0.1, 0.15) is 11.7 Å². The van der Waals surface area contributed by atoms with Gasteiger partial charge in [0.2, 0.25) is 0 Å². The maximum absolute atomic E-state index is 12.2. The Labute approximate surface area is 183 Å². The molecule has 5 N–H and O–H groups in total. The summed E-state index contributed by atoms with van der Waals surface area (Å²) in [5.41, 5.74) is -2.53. The highest BCUT2D eigenvalue weighted by Gasteiger charge is 2.70. The predicted octanol–water partition coefficient (Wildman–Crippen LogP) is 0.530. The van der Waals surface area contributed by atoms with Gasteiger partial charge in [0.15, 0.2) is 0 Å². The third kappa shape index (κ3) is 3.85. The fourth-order valence-corrected chi connectivity index (χ4v) is 6.33. The number of carbonyl (C=O) groups excluding carboxylic acids is 1. The number of rotatable bonds is 5. The topological polar surface area (TPSA) is 137 Å². The minimum absolute atomic E-state index is 0.0283. The highest BCUT2D eigenvalue weighted by atomic mass is 16.6. The van der Waals surface area contributed by atoms with Crippen LogP contribution < -0.4 is 0 Å². The van der Waals surface area contributed by atoms with E-state index in [0.717, 1.165) is 5.57 Å². The lowest BCUT2D eigenvalue weighted by atomic mass is 9.49. The fourth-order valence-electron chi connectivity index (χ4n) is 6.33. The summed E-state index contributed by atoms with van der Waals surface area (Å²) in [7, 11) is 0. The number of aliphatic hydroxyl groups excluding tert-OH is 4. The maximum atomic E-state index is 12.2. The summed E-state index contributed by atoms with van der Waals surface area (Å²) in [4.78, 5) is 12.2. The number of allylic oxidation sites excluding steroid dienone is 1. The van der Waals surface area contributed by atoms with Crippen LogP contribution >= 0.6 is 0 Å². The number of carbonyl (C=O) groups is 1. The molecule has 0 aromatic rings. The molecule has 2 fully saturated rings. The molecule has 3 aliphatic rings. The van der Waals surface area contributed by atoms with Gasteiger partial charge in [-0.25, -0.2) is 0 Å². The van der Waals surface area contributed by atoms with Crippen LogP contribution in [0.2, 0.25) is 0 Å². The van der Waals surface area contributed by atoms with E-state index in [1.165, 1.54) is 13.8 Å². The number of aliphatic hydroxyl groups is 5. The fraction of sp³-hybridized carbons (Fsp3) is 0.870. The van der Waals surface area contributed by atoms with Crippen LogP contribution in [0.15, 0.2) is 11.6 Å². The molecule has 8 nitrogen and oxygen atoms in total. The summed E-state index contributed by atoms with van der Waals surface area (Å²) in [6.45, 7) is 10.1. The molecule has 2 aliphatic carbocycles. The first kappa shape index (κ1) is 24.6. The van der Waals surface area contributed by atoms with Gasteiger partial charge in [0.05, 0.1) is 37.1 Å². The molecular weight excluding hydrogens is 404 g/mol. The average molecular weight is 443 g/mol. The van der Waals surface area contributed by atoms with Crippen LogP contribution in [0.5, 0.6) is 0 Å². The molecule has 0 aromatic heterocycles. The van der Waals surface area contributed by atoms with Crippen molar-refractivity contribution < 1.29 is 39.8 Å². The van der Waals surface area contributed by atoms with Gasteiger partial charge >= 0.3 is 5.97 Å². The van der Waals surface area contributed by atoms with Crippen molar-refractivity contribution in [2.75, 3.05) is 6.61 Å². The summed E-state index contributed by atoms with van der Waals surface area (Å²) < 4.78 is 11.4. The van der Waals surface area contributed by atoms with Crippen molar-refractivity contribution in [3.05, 3.63) is 11.6 Å². The van der Waals surface area contributed by atoms with Crippen molar-refractivity contribution in [3.8, 4) is 0 Å². The van der Waals surface area contributed by atoms with Crippen molar-refractivity contribution in [2.24, 2.45) is 22.7 Å². The van der Waals surface area contributed by atoms with E-state index in [4.69, 9.17) is 9.47 Å². The predicted molar refractivity (Wildman–Crippen MR) is 112 cm³/mol. The molecule has 10 unspecified atom stereocenters. The first-order valence-corrected chi connectivity index (χ1v) is 11.1. The van der Waals surface area contributed by atoms with E-state index in [0.29, 0.717) is 6.42 Å². The van der Waals surface area contributed by atoms with Gasteiger partial charge in [-0.2, -0.15) is 0 Å². The Morgan fingerprint density at radius 3 is 2.32 bits per heavy atom. The van der Waals surface area contributed by atoms with Crippen LogP contribution in [0, 0.1) is 22.7 Å². The van der Waals surface area contributed by atoms with Crippen LogP contribution in [0.25, 0.3) is 0 Å². The van der Waals surface area contributed by atoms with E-state index in [1.807, 2.05) is 26.8 Å². The summed E-state index contributed by atoms with van der Waals surface area (Å²) in [5, 5.41) is 54.7. The smallest absolute Gasteiger partial charge is 0.302 e. The van der Waals surface area contributed by atoms with Crippen molar-refractivity contribution in [1.29, 1.82) is 0 Å². The highest BCUT2D eigenvalue weighted by molar-refractivity contribution is 5.66. The van der Waals surface area contributed by atoms with Gasteiger partial charge in [-0.05, 0) is 31.3 Å². The second-order valence-corrected chi connectivity index (χ2v) is 10.7. The largest absolute Gasteiger partial charge is 0.462 e. The van der Waals surface area contributed by atoms with Gasteiger partial charge < -0.3 is 35.0 Å². The lowest BCUT2D eigenvalue weighted by Crippen LogP contribution is -2.77. The molecule has 8 heteroatoms. The Balaban J connectivity index is 2.17. The van der Waals surface area contributed by atoms with E-state index in [1.54, 1.807) is 6.92 Å². The Morgan fingerprint density at radius 2 is 1.84 bits per heavy atom. The maximum Gasteiger partial charge on any atom is 0.302 e. The van der Waals surface area contributed by atoms with Crippen LogP contribution in [0.3, 0.4) is 0 Å². The lowest BCUT2D eigenvalue weighted by Gasteiger charge is -2.65. The van der Waals surface area contributed by atoms with E-state index in [9.17, 15) is 30.3 Å². The van der Waals surface area contributed by atoms with Gasteiger partial charge in [-0.15, -0.1) is 0 Å². The van der Waals surface area contributed by atoms with E-state index in [-0.39, 0.29) is 13.0 Å². The minimum Gasteiger partial charge on any atom is -0.462 e. The molecule has 0 bridgehead atoms. The minimum atomic E-state index is -1.46. The standard InChI is InChI=1S/C23H38O8/c1-11-9-21(4,5)14(7-15(11)26)18(31-13(3)25)19-22(6,20(28)12(2)24)16(27)8-17-23(19,29)10-30-17/h9,12,14-20,24,26-29H,7-8,10H2,1-6H3. The van der Waals surface area contributed by atoms with E-state index >= 15 is 0 Å². The lowest BCUT2D eigenvalue weighted by molar-refractivity contribution is -0.350. The van der Waals surface area contributed by atoms with Crippen LogP contribution in [-0.2, 0) is 14.3 Å². The average Bonchev–Trinajstić information content (AvgIpc) is 2.64. The Hall–Kier alpha value is -1.03. The van der Waals surface area contributed by atoms with Crippen molar-refractivity contribution in [1.82, 2.24) is 0 Å². The molecule has 1 aliphatic heterocycles. The number of ether oxygens (including phenoxy) is 2. The van der Waals surface area contributed by atoms with Gasteiger partial charge in [0, 0.05) is 30.6 Å². The summed E-state index contributed by atoms with van der Waals surface area (Å²) >= 11 is 0. The SMILES string of the molecule is CC(=O)OC(C1CC(O)C(C)=CC1(C)C)C1C2(O)COC2CC(O)C1(C)C(O)C(C)O. The van der Waals surface area contributed by atoms with Crippen molar-refractivity contribution in [3.63, 3.8) is 0 Å². The monoisotopic (exact) mass is 442 g/mol. The molecule has 0 spiro atoms. The second kappa shape index (κ2) is 8.08. The van der Waals surface area contributed by atoms with E-state index in [2.05, 4.69) is 0 Å². The summed E-state index contributed by atoms with van der Waals surface area (Å²) in [6, 6.07) is 0. The number of esters is 1. The van der Waals surface area contributed by atoms with Gasteiger partial charge in [-0.3, -0.25) is 4.79 Å². The number of hydrogen-bond donors (Lipinski definition) is 5. The molecule has 1 saturated carbocycles. The van der Waals surface area contributed by atoms with Crippen molar-refractivity contribution >= 4 is 5.97 Å². The Bertz CT molecular complexity index is 733. The normalized spacial score (nSPS) is 44.9. The van der Waals surface area contributed by atoms with Crippen LogP contribution in [0.1, 0.15) is 54.4 Å². The van der Waals surface area contributed by atoms with Crippen LogP contribution in [-0.4, -0.2) is 80.3 Å². The molecule has 178 valence electrons. The molecule has 3 rings (SSSR count). The third-order valence-electron chi connectivity index (χ3n) is 8.12. The van der Waals surface area contributed by atoms with Crippen LogP contribution in [0.4, 0.5) is 0 Å². The first-order valence-electron chi connectivity index (χ1n) is 11.1. The molecule has 0 amide bonds. The van der Waals surface area contributed by atoms with Crippen molar-refractivity contribution in [2.45, 2.75) is 96.6 Å². The molecule has 10 atom stereocenters. The molecule has 1 saturated heterocycles. The first-order chi connectivity index (χ1) is 14.2. The zero-order valence-corrected chi connectivity index (χ0v) is 19.3. The quantitative estimate of drug-likeness (QED) is 0.307. The molecule has 0 radical (unpaired) electrons. The Kier molecular flexibility index (Phi) is 6.41. The number of hydrogen-bond acceptors (Lipinski definition) is 8. The van der Waals surface area contributed by atoms with Gasteiger partial charge in [-0.1, -0.05) is 26.8 Å². The molecule has 1 heterocycles. The zero-order chi connectivity index (χ0) is 23.5. The van der Waals surface area contributed by atoms with Gasteiger partial charge in [0.25, 0.3) is 0 Å². The highest BCUT2D eigenvalue weighted by Crippen LogP contribution is 2.59. The summed E-state index contributed by atoms with van der Waals surface area (Å²) in [5.74, 6) is -1.90. The Morgan fingerprint density at radius 1 is 1.23 bits per heavy atom. The molecular formula is C23H38O8. The summed E-state index contributed by atoms with van der Waals surface area (Å²) in [6.07, 6.45) is -3.69. The molecule has 31 heavy (non-hydrogen) atoms. The van der Waals surface area contributed by atoms with E-state index < -0.39 is 70.9 Å². The molecule has 0 aromatic carbocycles. The third-order valence-corrected chi connectivity index (χ3v) is 8.12.